The maximum absolute atomic E-state index is 13.8. The second-order valence-electron chi connectivity index (χ2n) is 6.39. The Hall–Kier alpha value is -2.72. The molecule has 0 bridgehead atoms. The summed E-state index contributed by atoms with van der Waals surface area (Å²) in [5, 5.41) is 14.3. The lowest BCUT2D eigenvalue weighted by molar-refractivity contribution is -0.113. The third-order valence-corrected chi connectivity index (χ3v) is 5.91. The molecule has 0 fully saturated rings. The van der Waals surface area contributed by atoms with Gasteiger partial charge < -0.3 is 15.2 Å². The van der Waals surface area contributed by atoms with Crippen molar-refractivity contribution in [2.24, 2.45) is 7.05 Å². The first kappa shape index (κ1) is 22.0. The van der Waals surface area contributed by atoms with E-state index in [0.29, 0.717) is 16.7 Å². The molecule has 3 aromatic rings. The van der Waals surface area contributed by atoms with Crippen LogP contribution in [0.4, 0.5) is 10.1 Å². The Balaban J connectivity index is 1.60. The average Bonchev–Trinajstić information content (AvgIpc) is 3.09. The van der Waals surface area contributed by atoms with Gasteiger partial charge in [-0.15, -0.1) is 10.2 Å². The summed E-state index contributed by atoms with van der Waals surface area (Å²) in [6, 6.07) is 12.6. The van der Waals surface area contributed by atoms with Crippen LogP contribution in [-0.4, -0.2) is 32.3 Å². The number of carbonyl (C=O) groups excluding carboxylic acids is 2. The highest BCUT2D eigenvalue weighted by atomic mass is 79.9. The minimum absolute atomic E-state index is 0.0372. The Morgan fingerprint density at radius 3 is 2.60 bits per heavy atom. The second kappa shape index (κ2) is 9.86. The van der Waals surface area contributed by atoms with Gasteiger partial charge in [0, 0.05) is 11.5 Å². The molecule has 7 nitrogen and oxygen atoms in total. The molecule has 30 heavy (non-hydrogen) atoms. The van der Waals surface area contributed by atoms with Gasteiger partial charge in [0.05, 0.1) is 23.0 Å². The maximum atomic E-state index is 13.8. The monoisotopic (exact) mass is 491 g/mol. The van der Waals surface area contributed by atoms with Crippen molar-refractivity contribution < 1.29 is 14.0 Å². The normalized spacial score (nSPS) is 11.7. The lowest BCUT2D eigenvalue weighted by atomic mass is 10.2. The second-order valence-corrected chi connectivity index (χ2v) is 8.19. The molecule has 1 heterocycles. The zero-order valence-corrected chi connectivity index (χ0v) is 18.6. The third kappa shape index (κ3) is 5.25. The van der Waals surface area contributed by atoms with Crippen LogP contribution in [0.3, 0.4) is 0 Å². The van der Waals surface area contributed by atoms with Crippen LogP contribution in [0.5, 0.6) is 0 Å². The topological polar surface area (TPSA) is 88.9 Å². The summed E-state index contributed by atoms with van der Waals surface area (Å²) < 4.78 is 16.3. The summed E-state index contributed by atoms with van der Waals surface area (Å²) in [4.78, 5) is 24.5. The van der Waals surface area contributed by atoms with E-state index >= 15 is 0 Å². The number of anilines is 1. The number of benzene rings is 2. The van der Waals surface area contributed by atoms with Crippen molar-refractivity contribution in [3.05, 3.63) is 70.2 Å². The van der Waals surface area contributed by atoms with Gasteiger partial charge in [-0.2, -0.15) is 0 Å². The van der Waals surface area contributed by atoms with Crippen molar-refractivity contribution in [2.45, 2.75) is 18.1 Å². The Morgan fingerprint density at radius 1 is 1.17 bits per heavy atom. The number of rotatable bonds is 7. The Bertz CT molecular complexity index is 1070. The number of nitrogens with one attached hydrogen (secondary N) is 2. The van der Waals surface area contributed by atoms with Gasteiger partial charge in [0.25, 0.3) is 5.91 Å². The van der Waals surface area contributed by atoms with Crippen molar-refractivity contribution in [2.75, 3.05) is 11.1 Å². The van der Waals surface area contributed by atoms with Crippen molar-refractivity contribution in [1.82, 2.24) is 20.1 Å². The SMILES string of the molecule is C[C@H](NC(=O)c1ccccc1F)c1nnc(SCC(=O)Nc2ccccc2Br)n1C. The van der Waals surface area contributed by atoms with Gasteiger partial charge in [-0.05, 0) is 47.1 Å². The number of thioether (sulfide) groups is 1. The predicted molar refractivity (Wildman–Crippen MR) is 117 cm³/mol. The predicted octanol–water partition coefficient (Wildman–Crippen LogP) is 3.94. The summed E-state index contributed by atoms with van der Waals surface area (Å²) in [6.45, 7) is 1.73. The van der Waals surface area contributed by atoms with Crippen molar-refractivity contribution in [3.8, 4) is 0 Å². The van der Waals surface area contributed by atoms with Gasteiger partial charge in [0.15, 0.2) is 11.0 Å². The first-order valence-electron chi connectivity index (χ1n) is 8.98. The highest BCUT2D eigenvalue weighted by molar-refractivity contribution is 9.10. The van der Waals surface area contributed by atoms with Crippen LogP contribution in [0.25, 0.3) is 0 Å². The molecule has 0 unspecified atom stereocenters. The van der Waals surface area contributed by atoms with Crippen LogP contribution in [0, 0.1) is 5.82 Å². The molecule has 0 saturated carbocycles. The lowest BCUT2D eigenvalue weighted by Gasteiger charge is -2.14. The summed E-state index contributed by atoms with van der Waals surface area (Å²) in [5.74, 6) is -0.674. The van der Waals surface area contributed by atoms with Gasteiger partial charge in [-0.25, -0.2) is 4.39 Å². The molecule has 1 atom stereocenters. The molecule has 0 aliphatic heterocycles. The quantitative estimate of drug-likeness (QED) is 0.488. The van der Waals surface area contributed by atoms with E-state index in [1.54, 1.807) is 30.7 Å². The molecule has 1 aromatic heterocycles. The summed E-state index contributed by atoms with van der Waals surface area (Å²) in [7, 11) is 1.75. The molecule has 2 aromatic carbocycles. The van der Waals surface area contributed by atoms with E-state index in [1.807, 2.05) is 18.2 Å². The molecule has 2 amide bonds. The van der Waals surface area contributed by atoms with E-state index in [0.717, 1.165) is 4.47 Å². The van der Waals surface area contributed by atoms with Crippen LogP contribution in [0.2, 0.25) is 0 Å². The number of aromatic nitrogens is 3. The standard InChI is InChI=1S/C20H19BrFN5O2S/c1-12(23-19(29)13-7-3-5-9-15(13)22)18-25-26-20(27(18)2)30-11-17(28)24-16-10-6-4-8-14(16)21/h3-10,12H,11H2,1-2H3,(H,23,29)(H,24,28)/t12-/m0/s1. The number of nitrogens with zero attached hydrogens (tertiary/aromatic N) is 3. The Labute approximate surface area is 185 Å². The van der Waals surface area contributed by atoms with Gasteiger partial charge >= 0.3 is 0 Å². The van der Waals surface area contributed by atoms with Gasteiger partial charge in [0.2, 0.25) is 5.91 Å². The van der Waals surface area contributed by atoms with E-state index in [1.165, 1.54) is 30.0 Å². The molecule has 0 saturated heterocycles. The number of para-hydroxylation sites is 1. The average molecular weight is 492 g/mol. The van der Waals surface area contributed by atoms with Gasteiger partial charge in [-0.3, -0.25) is 9.59 Å². The van der Waals surface area contributed by atoms with Crippen molar-refractivity contribution in [1.29, 1.82) is 0 Å². The molecule has 0 spiro atoms. The number of amides is 2. The van der Waals surface area contributed by atoms with E-state index in [9.17, 15) is 14.0 Å². The fourth-order valence-electron chi connectivity index (χ4n) is 2.69. The molecule has 10 heteroatoms. The maximum Gasteiger partial charge on any atom is 0.254 e. The van der Waals surface area contributed by atoms with E-state index < -0.39 is 17.8 Å². The molecule has 0 aliphatic carbocycles. The number of halogens is 2. The number of hydrogen-bond donors (Lipinski definition) is 2. The third-order valence-electron chi connectivity index (χ3n) is 4.20. The summed E-state index contributed by atoms with van der Waals surface area (Å²) >= 11 is 4.61. The zero-order chi connectivity index (χ0) is 21.7. The van der Waals surface area contributed by atoms with Crippen LogP contribution >= 0.6 is 27.7 Å². The molecule has 0 aliphatic rings. The largest absolute Gasteiger partial charge is 0.342 e. The fraction of sp³-hybridized carbons (Fsp3) is 0.200. The highest BCUT2D eigenvalue weighted by Gasteiger charge is 2.20. The molecule has 156 valence electrons. The van der Waals surface area contributed by atoms with Crippen LogP contribution in [-0.2, 0) is 11.8 Å². The number of hydrogen-bond acceptors (Lipinski definition) is 5. The van der Waals surface area contributed by atoms with Crippen molar-refractivity contribution in [3.63, 3.8) is 0 Å². The number of carbonyl (C=O) groups is 2. The molecule has 2 N–H and O–H groups in total. The lowest BCUT2D eigenvalue weighted by Crippen LogP contribution is -2.29. The van der Waals surface area contributed by atoms with E-state index in [4.69, 9.17) is 0 Å². The Morgan fingerprint density at radius 2 is 1.87 bits per heavy atom. The van der Waals surface area contributed by atoms with Gasteiger partial charge in [0.1, 0.15) is 5.82 Å². The minimum atomic E-state index is -0.590. The van der Waals surface area contributed by atoms with Crippen LogP contribution < -0.4 is 10.6 Å². The van der Waals surface area contributed by atoms with Crippen molar-refractivity contribution >= 4 is 45.2 Å². The summed E-state index contributed by atoms with van der Waals surface area (Å²) in [5.41, 5.74) is 0.649. The molecular weight excluding hydrogens is 473 g/mol. The molecule has 3 rings (SSSR count). The minimum Gasteiger partial charge on any atom is -0.342 e. The first-order valence-corrected chi connectivity index (χ1v) is 10.8. The first-order chi connectivity index (χ1) is 14.4. The van der Waals surface area contributed by atoms with Gasteiger partial charge in [-0.1, -0.05) is 36.0 Å². The summed E-state index contributed by atoms with van der Waals surface area (Å²) in [6.07, 6.45) is 0. The highest BCUT2D eigenvalue weighted by Crippen LogP contribution is 2.23. The Kier molecular flexibility index (Phi) is 7.22. The zero-order valence-electron chi connectivity index (χ0n) is 16.2. The molecule has 0 radical (unpaired) electrons. The van der Waals surface area contributed by atoms with Crippen LogP contribution in [0.15, 0.2) is 58.2 Å². The smallest absolute Gasteiger partial charge is 0.254 e. The fourth-order valence-corrected chi connectivity index (χ4v) is 3.79. The molecular formula is C20H19BrFN5O2S. The van der Waals surface area contributed by atoms with Crippen LogP contribution in [0.1, 0.15) is 29.1 Å². The van der Waals surface area contributed by atoms with E-state index in [-0.39, 0.29) is 17.2 Å². The van der Waals surface area contributed by atoms with E-state index in [2.05, 4.69) is 36.8 Å².